The zero-order chi connectivity index (χ0) is 49.4. The van der Waals surface area contributed by atoms with E-state index in [4.69, 9.17) is 26.0 Å². The van der Waals surface area contributed by atoms with Crippen LogP contribution < -0.4 is 21.3 Å². The van der Waals surface area contributed by atoms with Gasteiger partial charge in [0.2, 0.25) is 0 Å². The summed E-state index contributed by atoms with van der Waals surface area (Å²) in [4.78, 5) is 17.8. The van der Waals surface area contributed by atoms with Gasteiger partial charge in [-0.2, -0.15) is 5.26 Å². The Morgan fingerprint density at radius 3 is 1.77 bits per heavy atom. The van der Waals surface area contributed by atoms with Crippen molar-refractivity contribution in [1.82, 2.24) is 15.1 Å². The lowest BCUT2D eigenvalue weighted by Crippen LogP contribution is -2.40. The molecule has 0 amide bonds. The summed E-state index contributed by atoms with van der Waals surface area (Å²) < 4.78 is 68.5. The third-order valence-corrected chi connectivity index (χ3v) is 12.4. The lowest BCUT2D eigenvalue weighted by Gasteiger charge is -2.31. The highest BCUT2D eigenvalue weighted by Crippen LogP contribution is 2.44. The van der Waals surface area contributed by atoms with Crippen LogP contribution in [0.1, 0.15) is 61.9 Å². The fourth-order valence-corrected chi connectivity index (χ4v) is 8.60. The van der Waals surface area contributed by atoms with Crippen LogP contribution in [0.5, 0.6) is 11.5 Å². The van der Waals surface area contributed by atoms with E-state index in [9.17, 15) is 20.6 Å². The van der Waals surface area contributed by atoms with E-state index < -0.39 is 28.9 Å². The summed E-state index contributed by atoms with van der Waals surface area (Å²) in [6.07, 6.45) is 2.78. The van der Waals surface area contributed by atoms with Crippen LogP contribution in [0, 0.1) is 52.5 Å². The van der Waals surface area contributed by atoms with Gasteiger partial charge in [-0.05, 0) is 93.6 Å². The molecule has 0 atom stereocenters. The predicted molar refractivity (Wildman–Crippen MR) is 258 cm³/mol. The molecule has 2 aliphatic rings. The zero-order valence-corrected chi connectivity index (χ0v) is 38.1. The third kappa shape index (κ3) is 9.79. The smallest absolute Gasteiger partial charge is 0.314 e. The Labute approximate surface area is 400 Å². The van der Waals surface area contributed by atoms with Crippen molar-refractivity contribution in [3.8, 4) is 80.2 Å². The lowest BCUT2D eigenvalue weighted by atomic mass is 9.95. The van der Waals surface area contributed by atoms with E-state index >= 15 is 17.6 Å². The van der Waals surface area contributed by atoms with E-state index in [1.807, 2.05) is 9.80 Å². The van der Waals surface area contributed by atoms with Gasteiger partial charge in [0.05, 0.1) is 39.0 Å². The third-order valence-electron chi connectivity index (χ3n) is 12.4. The van der Waals surface area contributed by atoms with Gasteiger partial charge >= 0.3 is 12.6 Å². The molecule has 0 spiro atoms. The van der Waals surface area contributed by atoms with Crippen LogP contribution in [0.3, 0.4) is 0 Å². The van der Waals surface area contributed by atoms with E-state index in [0.29, 0.717) is 63.5 Å². The van der Waals surface area contributed by atoms with Gasteiger partial charge in [-0.15, -0.1) is 0 Å². The summed E-state index contributed by atoms with van der Waals surface area (Å²) in [6, 6.07) is 22.2. The van der Waals surface area contributed by atoms with Crippen molar-refractivity contribution in [2.75, 3.05) is 36.0 Å². The Balaban J connectivity index is 1.02. The van der Waals surface area contributed by atoms with Gasteiger partial charge in [-0.3, -0.25) is 0 Å². The molecule has 17 heteroatoms. The first-order valence-electron chi connectivity index (χ1n) is 22.6. The van der Waals surface area contributed by atoms with E-state index in [1.54, 1.807) is 18.2 Å². The number of rotatable bonds is 7. The summed E-state index contributed by atoms with van der Waals surface area (Å²) in [7, 11) is 0. The summed E-state index contributed by atoms with van der Waals surface area (Å²) >= 11 is 0. The number of halogens is 4. The molecule has 5 heterocycles. The number of pyridine rings is 2. The first-order valence-corrected chi connectivity index (χ1v) is 22.6. The standard InChI is InChI=1S/C53H45F4N9O4/c1-53(2,69)14-9-29-3-4-30(19-39(29)54)49-44(67)24-47(65-15-10-35(59)11-16-65)62-51(49)31-6-8-34(41(56)21-31)27-61-28-43-38-22-42(57)37(23-46(38)70-64-43)50-45(68)25-48(66-17-12-36(60)13-18-66)63-52(50)32-5-7-33(26-58)40(55)20-32/h3-8,19-25,35-36,69H,10-13,15-18,28,59-60H2,1-2H3,(H-,62,63,64,67,68)/p+1. The van der Waals surface area contributed by atoms with Crippen LogP contribution in [0.2, 0.25) is 0 Å². The molecule has 0 saturated carbocycles. The molecule has 0 bridgehead atoms. The fourth-order valence-electron chi connectivity index (χ4n) is 8.60. The number of nitrogens with zero attached hydrogens (tertiary/aromatic N) is 7. The topological polar surface area (TPSA) is 199 Å². The largest absolute Gasteiger partial charge is 0.507 e. The first-order chi connectivity index (χ1) is 33.5. The number of aromatic hydroxyl groups is 2. The molecule has 7 aromatic rings. The van der Waals surface area contributed by atoms with Crippen molar-refractivity contribution in [3.05, 3.63) is 129 Å². The molecular formula is C53H46F4N9O4+. The molecular weight excluding hydrogens is 903 g/mol. The minimum atomic E-state index is -1.35. The predicted octanol–water partition coefficient (Wildman–Crippen LogP) is 8.98. The molecule has 0 aliphatic carbocycles. The zero-order valence-electron chi connectivity index (χ0n) is 38.1. The van der Waals surface area contributed by atoms with Crippen molar-refractivity contribution in [2.24, 2.45) is 11.5 Å². The quantitative estimate of drug-likeness (QED) is 0.0752. The van der Waals surface area contributed by atoms with E-state index in [2.05, 4.69) is 27.9 Å². The second-order valence-corrected chi connectivity index (χ2v) is 18.0. The number of piperidine rings is 2. The Bertz CT molecular complexity index is 3360. The normalized spacial score (nSPS) is 14.5. The van der Waals surface area contributed by atoms with Crippen LogP contribution >= 0.6 is 0 Å². The maximum absolute atomic E-state index is 16.4. The minimum absolute atomic E-state index is 0.0172. The molecule has 9 rings (SSSR count). The number of nitrogens with two attached hydrogens (primary N) is 2. The van der Waals surface area contributed by atoms with Gasteiger partial charge in [0.1, 0.15) is 63.6 Å². The van der Waals surface area contributed by atoms with Gasteiger partial charge in [-0.1, -0.05) is 40.0 Å². The van der Waals surface area contributed by atoms with Crippen molar-refractivity contribution in [2.45, 2.75) is 63.8 Å². The molecule has 354 valence electrons. The number of benzene rings is 4. The van der Waals surface area contributed by atoms with Gasteiger partial charge < -0.3 is 41.1 Å². The number of hydrogen-bond acceptors (Lipinski definition) is 12. The van der Waals surface area contributed by atoms with Gasteiger partial charge in [-0.25, -0.2) is 27.5 Å². The Kier molecular flexibility index (Phi) is 12.9. The number of anilines is 2. The number of nitriles is 1. The molecule has 13 nitrogen and oxygen atoms in total. The molecule has 3 aromatic heterocycles. The fraction of sp³-hybridized carbons (Fsp3) is 0.264. The Morgan fingerprint density at radius 2 is 1.21 bits per heavy atom. The Hall–Kier alpha value is -8.01. The van der Waals surface area contributed by atoms with Crippen molar-refractivity contribution in [1.29, 1.82) is 5.26 Å². The average molecular weight is 949 g/mol. The molecule has 2 saturated heterocycles. The molecule has 70 heavy (non-hydrogen) atoms. The lowest BCUT2D eigenvalue weighted by molar-refractivity contribution is 0.143. The molecule has 4 aromatic carbocycles. The summed E-state index contributed by atoms with van der Waals surface area (Å²) in [5.74, 6) is 2.47. The molecule has 2 aliphatic heterocycles. The molecule has 0 unspecified atom stereocenters. The summed E-state index contributed by atoms with van der Waals surface area (Å²) in [5.41, 5.74) is 12.0. The molecule has 7 N–H and O–H groups in total. The maximum Gasteiger partial charge on any atom is 0.314 e. The van der Waals surface area contributed by atoms with Crippen LogP contribution in [0.25, 0.3) is 60.6 Å². The number of fused-ring (bicyclic) bond motifs is 1. The molecule has 0 radical (unpaired) electrons. The van der Waals surface area contributed by atoms with Crippen molar-refractivity contribution < 1.29 is 37.4 Å². The second-order valence-electron chi connectivity index (χ2n) is 18.0. The number of aliphatic hydroxyl groups is 1. The summed E-state index contributed by atoms with van der Waals surface area (Å²) in [5, 5.41) is 46.8. The minimum Gasteiger partial charge on any atom is -0.507 e. The summed E-state index contributed by atoms with van der Waals surface area (Å²) in [6.45, 7) is 5.03. The van der Waals surface area contributed by atoms with Gasteiger partial charge in [0.25, 0.3) is 0 Å². The second kappa shape index (κ2) is 19.2. The number of hydrogen-bond donors (Lipinski definition) is 5. The van der Waals surface area contributed by atoms with Gasteiger partial charge in [0.15, 0.2) is 11.3 Å². The van der Waals surface area contributed by atoms with Gasteiger partial charge in [0, 0.05) is 67.1 Å². The van der Waals surface area contributed by atoms with Crippen molar-refractivity contribution in [3.63, 3.8) is 0 Å². The Morgan fingerprint density at radius 1 is 0.700 bits per heavy atom. The highest BCUT2D eigenvalue weighted by Gasteiger charge is 2.27. The first kappa shape index (κ1) is 47.1. The van der Waals surface area contributed by atoms with Crippen LogP contribution in [-0.4, -0.2) is 74.3 Å². The number of aromatic nitrogens is 3. The van der Waals surface area contributed by atoms with Crippen LogP contribution in [-0.2, 0) is 6.54 Å². The highest BCUT2D eigenvalue weighted by atomic mass is 19.1. The molecule has 2 fully saturated rings. The van der Waals surface area contributed by atoms with E-state index in [-0.39, 0.29) is 108 Å². The highest BCUT2D eigenvalue weighted by molar-refractivity contribution is 5.92. The monoisotopic (exact) mass is 948 g/mol. The maximum atomic E-state index is 16.4. The van der Waals surface area contributed by atoms with Crippen molar-refractivity contribution >= 4 is 22.6 Å². The van der Waals surface area contributed by atoms with Crippen LogP contribution in [0.15, 0.2) is 83.4 Å². The average Bonchev–Trinajstić information content (AvgIpc) is 3.72. The van der Waals surface area contributed by atoms with E-state index in [0.717, 1.165) is 6.07 Å². The van der Waals surface area contributed by atoms with E-state index in [1.165, 1.54) is 74.5 Å². The SMILES string of the molecule is CC(C)(O)C#Cc1ccc(-c2c(O)cc(N3CCC(N)CC3)nc2-c2ccc(C#[N+]Cc3noc4cc(-c5c(O)cc(N6CCC(N)CC6)nc5-c5ccc(C#N)c(F)c5)c(F)cc34)c(F)c2)cc1F. The van der Waals surface area contributed by atoms with Crippen LogP contribution in [0.4, 0.5) is 29.2 Å².